The lowest BCUT2D eigenvalue weighted by Crippen LogP contribution is -2.38. The van der Waals surface area contributed by atoms with Gasteiger partial charge in [-0.15, -0.1) is 0 Å². The number of rotatable bonds is 7. The van der Waals surface area contributed by atoms with Crippen LogP contribution in [-0.4, -0.2) is 18.4 Å². The van der Waals surface area contributed by atoms with Gasteiger partial charge in [-0.3, -0.25) is 9.59 Å². The lowest BCUT2D eigenvalue weighted by atomic mass is 9.99. The van der Waals surface area contributed by atoms with E-state index in [4.69, 9.17) is 0 Å². The van der Waals surface area contributed by atoms with Crippen molar-refractivity contribution < 1.29 is 22.8 Å². The van der Waals surface area contributed by atoms with E-state index in [9.17, 15) is 22.8 Å². The second-order valence-corrected chi connectivity index (χ2v) is 5.62. The van der Waals surface area contributed by atoms with Gasteiger partial charge in [-0.05, 0) is 24.5 Å². The van der Waals surface area contributed by atoms with Crippen LogP contribution in [0.4, 0.5) is 18.9 Å². The summed E-state index contributed by atoms with van der Waals surface area (Å²) in [7, 11) is 0. The average Bonchev–Trinajstić information content (AvgIpc) is 2.54. The van der Waals surface area contributed by atoms with Crippen LogP contribution in [0.5, 0.6) is 0 Å². The van der Waals surface area contributed by atoms with E-state index in [1.165, 1.54) is 12.1 Å². The van der Waals surface area contributed by atoms with Gasteiger partial charge >= 0.3 is 18.0 Å². The van der Waals surface area contributed by atoms with Crippen molar-refractivity contribution in [1.29, 1.82) is 0 Å². The minimum atomic E-state index is -4.60. The molecule has 0 aliphatic carbocycles. The highest BCUT2D eigenvalue weighted by Crippen LogP contribution is 2.34. The van der Waals surface area contributed by atoms with Crippen LogP contribution in [-0.2, 0) is 15.8 Å². The molecule has 1 atom stereocenters. The summed E-state index contributed by atoms with van der Waals surface area (Å²) in [6.07, 6.45) is -0.739. The van der Waals surface area contributed by atoms with E-state index in [1.807, 2.05) is 12.2 Å². The van der Waals surface area contributed by atoms with Gasteiger partial charge in [0.15, 0.2) is 0 Å². The highest BCUT2D eigenvalue weighted by molar-refractivity contribution is 6.39. The maximum atomic E-state index is 12.9. The number of para-hydroxylation sites is 1. The summed E-state index contributed by atoms with van der Waals surface area (Å²) in [5, 5.41) is 4.52. The summed E-state index contributed by atoms with van der Waals surface area (Å²) in [4.78, 5) is 23.6. The molecule has 1 rings (SSSR count). The zero-order valence-corrected chi connectivity index (χ0v) is 13.9. The van der Waals surface area contributed by atoms with E-state index in [0.29, 0.717) is 6.54 Å². The van der Waals surface area contributed by atoms with Crippen molar-refractivity contribution in [2.45, 2.75) is 45.7 Å². The van der Waals surface area contributed by atoms with Gasteiger partial charge in [0, 0.05) is 6.54 Å². The Hall–Kier alpha value is -2.05. The molecule has 1 aromatic carbocycles. The number of unbranched alkanes of at least 4 members (excludes halogenated alkanes) is 1. The van der Waals surface area contributed by atoms with Crippen LogP contribution in [0.15, 0.2) is 24.3 Å². The molecule has 0 bridgehead atoms. The van der Waals surface area contributed by atoms with Gasteiger partial charge in [-0.2, -0.15) is 13.2 Å². The number of hydrogen-bond acceptors (Lipinski definition) is 2. The molecule has 0 unspecified atom stereocenters. The Morgan fingerprint density at radius 2 is 1.79 bits per heavy atom. The first kappa shape index (κ1) is 20.0. The maximum absolute atomic E-state index is 12.9. The second kappa shape index (κ2) is 9.30. The highest BCUT2D eigenvalue weighted by Gasteiger charge is 2.34. The first-order chi connectivity index (χ1) is 11.3. The topological polar surface area (TPSA) is 58.2 Å². The molecule has 0 saturated heterocycles. The van der Waals surface area contributed by atoms with Gasteiger partial charge in [-0.25, -0.2) is 0 Å². The summed E-state index contributed by atoms with van der Waals surface area (Å²) in [5.74, 6) is -1.77. The summed E-state index contributed by atoms with van der Waals surface area (Å²) in [6.45, 7) is 4.40. The van der Waals surface area contributed by atoms with E-state index in [-0.39, 0.29) is 5.92 Å². The van der Waals surface area contributed by atoms with Crippen LogP contribution in [0.1, 0.15) is 45.1 Å². The first-order valence-corrected chi connectivity index (χ1v) is 8.05. The van der Waals surface area contributed by atoms with Crippen LogP contribution >= 0.6 is 0 Å². The number of alkyl halides is 3. The number of benzene rings is 1. The van der Waals surface area contributed by atoms with E-state index in [0.717, 1.165) is 37.8 Å². The molecule has 24 heavy (non-hydrogen) atoms. The molecule has 0 saturated carbocycles. The minimum absolute atomic E-state index is 0.254. The predicted octanol–water partition coefficient (Wildman–Crippen LogP) is 3.98. The molecule has 0 spiro atoms. The molecular weight excluding hydrogens is 321 g/mol. The number of amides is 2. The Morgan fingerprint density at radius 1 is 1.12 bits per heavy atom. The van der Waals surface area contributed by atoms with E-state index >= 15 is 0 Å². The Bertz CT molecular complexity index is 559. The summed E-state index contributed by atoms with van der Waals surface area (Å²) in [5.41, 5.74) is -1.41. The maximum Gasteiger partial charge on any atom is 0.418 e. The average molecular weight is 344 g/mol. The smallest absolute Gasteiger partial charge is 0.348 e. The molecule has 0 fully saturated rings. The van der Waals surface area contributed by atoms with Crippen molar-refractivity contribution >= 4 is 17.5 Å². The van der Waals surface area contributed by atoms with Crippen LogP contribution in [0.3, 0.4) is 0 Å². The number of halogens is 3. The Labute approximate surface area is 139 Å². The van der Waals surface area contributed by atoms with Crippen molar-refractivity contribution in [3.05, 3.63) is 29.8 Å². The molecule has 0 radical (unpaired) electrons. The van der Waals surface area contributed by atoms with E-state index in [2.05, 4.69) is 12.2 Å². The number of nitrogens with one attached hydrogen (secondary N) is 2. The minimum Gasteiger partial charge on any atom is -0.348 e. The highest BCUT2D eigenvalue weighted by atomic mass is 19.4. The van der Waals surface area contributed by atoms with Crippen LogP contribution in [0.25, 0.3) is 0 Å². The third-order valence-corrected chi connectivity index (χ3v) is 3.78. The van der Waals surface area contributed by atoms with Gasteiger partial charge < -0.3 is 10.6 Å². The SMILES string of the molecule is CCCC[C@@H](CC)CNC(=O)C(=O)Nc1ccccc1C(F)(F)F. The lowest BCUT2D eigenvalue weighted by Gasteiger charge is -2.16. The molecule has 2 amide bonds. The quantitative estimate of drug-likeness (QED) is 0.735. The number of carbonyl (C=O) groups excluding carboxylic acids is 2. The standard InChI is InChI=1S/C17H23F3N2O2/c1-3-5-8-12(4-2)11-21-15(23)16(24)22-14-10-7-6-9-13(14)17(18,19)20/h6-7,9-10,12H,3-5,8,11H2,1-2H3,(H,21,23)(H,22,24)/t12-/m1/s1. The van der Waals surface area contributed by atoms with Crippen LogP contribution in [0, 0.1) is 5.92 Å². The van der Waals surface area contributed by atoms with Gasteiger partial charge in [0.2, 0.25) is 0 Å². The molecule has 0 heterocycles. The summed E-state index contributed by atoms with van der Waals surface area (Å²) >= 11 is 0. The largest absolute Gasteiger partial charge is 0.418 e. The van der Waals surface area contributed by atoms with Crippen LogP contribution in [0.2, 0.25) is 0 Å². The zero-order chi connectivity index (χ0) is 18.2. The molecule has 7 heteroatoms. The van der Waals surface area contributed by atoms with Crippen molar-refractivity contribution in [2.75, 3.05) is 11.9 Å². The Morgan fingerprint density at radius 3 is 2.38 bits per heavy atom. The zero-order valence-electron chi connectivity index (χ0n) is 13.9. The molecule has 134 valence electrons. The molecular formula is C17H23F3N2O2. The van der Waals surface area contributed by atoms with Crippen molar-refractivity contribution in [3.8, 4) is 0 Å². The van der Waals surface area contributed by atoms with Crippen molar-refractivity contribution in [3.63, 3.8) is 0 Å². The van der Waals surface area contributed by atoms with Gasteiger partial charge in [0.1, 0.15) is 0 Å². The number of hydrogen-bond donors (Lipinski definition) is 2. The summed E-state index contributed by atoms with van der Waals surface area (Å²) < 4.78 is 38.6. The molecule has 2 N–H and O–H groups in total. The normalized spacial score (nSPS) is 12.5. The molecule has 0 aromatic heterocycles. The fourth-order valence-electron chi connectivity index (χ4n) is 2.28. The van der Waals surface area contributed by atoms with Crippen molar-refractivity contribution in [1.82, 2.24) is 5.32 Å². The van der Waals surface area contributed by atoms with Gasteiger partial charge in [-0.1, -0.05) is 45.2 Å². The third-order valence-electron chi connectivity index (χ3n) is 3.78. The predicted molar refractivity (Wildman–Crippen MR) is 86.4 cm³/mol. The number of carbonyl (C=O) groups is 2. The van der Waals surface area contributed by atoms with E-state index in [1.54, 1.807) is 0 Å². The number of anilines is 1. The van der Waals surface area contributed by atoms with Gasteiger partial charge in [0.25, 0.3) is 0 Å². The third kappa shape index (κ3) is 6.22. The Kier molecular flexibility index (Phi) is 7.74. The fourth-order valence-corrected chi connectivity index (χ4v) is 2.28. The lowest BCUT2D eigenvalue weighted by molar-refractivity contribution is -0.138. The van der Waals surface area contributed by atoms with E-state index < -0.39 is 29.2 Å². The molecule has 4 nitrogen and oxygen atoms in total. The van der Waals surface area contributed by atoms with Crippen LogP contribution < -0.4 is 10.6 Å². The molecule has 0 aliphatic heterocycles. The van der Waals surface area contributed by atoms with Crippen molar-refractivity contribution in [2.24, 2.45) is 5.92 Å². The molecule has 1 aromatic rings. The Balaban J connectivity index is 2.64. The first-order valence-electron chi connectivity index (χ1n) is 8.05. The summed E-state index contributed by atoms with van der Waals surface area (Å²) in [6, 6.07) is 4.55. The van der Waals surface area contributed by atoms with Gasteiger partial charge in [0.05, 0.1) is 11.3 Å². The fraction of sp³-hybridized carbons (Fsp3) is 0.529. The molecule has 0 aliphatic rings. The second-order valence-electron chi connectivity index (χ2n) is 5.62. The monoisotopic (exact) mass is 344 g/mol.